The summed E-state index contributed by atoms with van der Waals surface area (Å²) in [5.74, 6) is 0.271. The lowest BCUT2D eigenvalue weighted by molar-refractivity contribution is -0.131. The summed E-state index contributed by atoms with van der Waals surface area (Å²) in [5.41, 5.74) is 3.87. The second-order valence-corrected chi connectivity index (χ2v) is 7.75. The van der Waals surface area contributed by atoms with Crippen molar-refractivity contribution in [2.75, 3.05) is 31.1 Å². The van der Waals surface area contributed by atoms with Gasteiger partial charge in [0.2, 0.25) is 5.91 Å². The number of hydrogen-bond acceptors (Lipinski definition) is 4. The Balaban J connectivity index is 1.26. The van der Waals surface area contributed by atoms with E-state index in [4.69, 9.17) is 0 Å². The zero-order chi connectivity index (χ0) is 21.6. The highest BCUT2D eigenvalue weighted by Crippen LogP contribution is 2.21. The van der Waals surface area contributed by atoms with Crippen LogP contribution < -0.4 is 4.90 Å². The van der Waals surface area contributed by atoms with Crippen molar-refractivity contribution >= 4 is 17.4 Å². The molecule has 0 saturated carbocycles. The fourth-order valence-corrected chi connectivity index (χ4v) is 3.88. The van der Waals surface area contributed by atoms with Crippen molar-refractivity contribution in [3.8, 4) is 16.9 Å². The van der Waals surface area contributed by atoms with Gasteiger partial charge in [-0.25, -0.2) is 0 Å². The number of benzene rings is 3. The summed E-state index contributed by atoms with van der Waals surface area (Å²) in [7, 11) is 0. The van der Waals surface area contributed by atoms with E-state index in [9.17, 15) is 14.7 Å². The fourth-order valence-electron chi connectivity index (χ4n) is 3.88. The molecule has 1 amide bonds. The first-order valence-electron chi connectivity index (χ1n) is 10.6. The summed E-state index contributed by atoms with van der Waals surface area (Å²) in [6, 6.07) is 24.7. The van der Waals surface area contributed by atoms with Gasteiger partial charge in [-0.15, -0.1) is 0 Å². The molecule has 0 unspecified atom stereocenters. The van der Waals surface area contributed by atoms with Crippen LogP contribution in [0, 0.1) is 0 Å². The van der Waals surface area contributed by atoms with Crippen LogP contribution in [0.3, 0.4) is 0 Å². The second-order valence-electron chi connectivity index (χ2n) is 7.75. The van der Waals surface area contributed by atoms with Gasteiger partial charge >= 0.3 is 0 Å². The predicted octanol–water partition coefficient (Wildman–Crippen LogP) is 4.37. The van der Waals surface area contributed by atoms with Gasteiger partial charge in [0, 0.05) is 50.3 Å². The number of rotatable bonds is 6. The van der Waals surface area contributed by atoms with E-state index < -0.39 is 0 Å². The molecule has 0 aromatic heterocycles. The SMILES string of the molecule is O=C(CCC(=O)N1CCN(c2ccc(O)cc2)CC1)c1ccc(-c2ccccc2)cc1. The number of phenolic OH excluding ortho intramolecular Hbond substituents is 1. The molecular weight excluding hydrogens is 388 g/mol. The van der Waals surface area contributed by atoms with Gasteiger partial charge < -0.3 is 14.9 Å². The highest BCUT2D eigenvalue weighted by atomic mass is 16.3. The Bertz CT molecular complexity index is 1020. The number of aromatic hydroxyl groups is 1. The smallest absolute Gasteiger partial charge is 0.223 e. The minimum absolute atomic E-state index is 0.00399. The van der Waals surface area contributed by atoms with Crippen LogP contribution in [0.4, 0.5) is 5.69 Å². The molecule has 3 aromatic rings. The van der Waals surface area contributed by atoms with Gasteiger partial charge in [0.05, 0.1) is 0 Å². The molecule has 1 aliphatic rings. The molecule has 4 rings (SSSR count). The summed E-state index contributed by atoms with van der Waals surface area (Å²) in [5, 5.41) is 9.42. The van der Waals surface area contributed by atoms with Crippen LogP contribution in [0.1, 0.15) is 23.2 Å². The number of hydrogen-bond donors (Lipinski definition) is 1. The van der Waals surface area contributed by atoms with Crippen molar-refractivity contribution in [1.82, 2.24) is 4.90 Å². The third-order valence-corrected chi connectivity index (χ3v) is 5.73. The molecule has 1 fully saturated rings. The molecule has 5 heteroatoms. The minimum atomic E-state index is -0.00399. The Labute approximate surface area is 182 Å². The first-order chi connectivity index (χ1) is 15.1. The van der Waals surface area contributed by atoms with E-state index in [-0.39, 0.29) is 30.3 Å². The Morgan fingerprint density at radius 1 is 0.710 bits per heavy atom. The largest absolute Gasteiger partial charge is 0.508 e. The van der Waals surface area contributed by atoms with E-state index in [1.54, 1.807) is 12.1 Å². The van der Waals surface area contributed by atoms with Gasteiger partial charge in [-0.05, 0) is 35.4 Å². The number of piperazine rings is 1. The van der Waals surface area contributed by atoms with E-state index in [2.05, 4.69) is 4.90 Å². The van der Waals surface area contributed by atoms with Crippen LogP contribution in [0.25, 0.3) is 11.1 Å². The predicted molar refractivity (Wildman–Crippen MR) is 122 cm³/mol. The lowest BCUT2D eigenvalue weighted by Gasteiger charge is -2.36. The fraction of sp³-hybridized carbons (Fsp3) is 0.231. The van der Waals surface area contributed by atoms with Gasteiger partial charge in [0.1, 0.15) is 5.75 Å². The van der Waals surface area contributed by atoms with Crippen LogP contribution in [0.5, 0.6) is 5.75 Å². The van der Waals surface area contributed by atoms with Crippen LogP contribution >= 0.6 is 0 Å². The molecule has 1 N–H and O–H groups in total. The highest BCUT2D eigenvalue weighted by molar-refractivity contribution is 5.98. The van der Waals surface area contributed by atoms with Crippen molar-refractivity contribution in [3.63, 3.8) is 0 Å². The van der Waals surface area contributed by atoms with Crippen LogP contribution in [-0.4, -0.2) is 47.9 Å². The Hall–Kier alpha value is -3.60. The maximum absolute atomic E-state index is 12.6. The quantitative estimate of drug-likeness (QED) is 0.609. The van der Waals surface area contributed by atoms with Crippen molar-refractivity contribution in [1.29, 1.82) is 0 Å². The first kappa shape index (κ1) is 20.7. The lowest BCUT2D eigenvalue weighted by atomic mass is 10.0. The van der Waals surface area contributed by atoms with E-state index in [0.29, 0.717) is 18.7 Å². The van der Waals surface area contributed by atoms with Crippen LogP contribution in [0.2, 0.25) is 0 Å². The molecular formula is C26H26N2O3. The van der Waals surface area contributed by atoms with E-state index in [0.717, 1.165) is 29.9 Å². The number of Topliss-reactive ketones (excluding diaryl/α,β-unsaturated/α-hetero) is 1. The number of carbonyl (C=O) groups excluding carboxylic acids is 2. The molecule has 1 heterocycles. The highest BCUT2D eigenvalue weighted by Gasteiger charge is 2.22. The zero-order valence-electron chi connectivity index (χ0n) is 17.4. The summed E-state index contributed by atoms with van der Waals surface area (Å²) in [6.45, 7) is 2.76. The topological polar surface area (TPSA) is 60.9 Å². The summed E-state index contributed by atoms with van der Waals surface area (Å²) in [4.78, 5) is 29.2. The maximum Gasteiger partial charge on any atom is 0.223 e. The Kier molecular flexibility index (Phi) is 6.32. The Morgan fingerprint density at radius 3 is 1.97 bits per heavy atom. The van der Waals surface area contributed by atoms with Gasteiger partial charge in [0.25, 0.3) is 0 Å². The molecule has 31 heavy (non-hydrogen) atoms. The molecule has 1 saturated heterocycles. The minimum Gasteiger partial charge on any atom is -0.508 e. The molecule has 158 valence electrons. The summed E-state index contributed by atoms with van der Waals surface area (Å²) < 4.78 is 0. The van der Waals surface area contributed by atoms with Crippen molar-refractivity contribution in [2.24, 2.45) is 0 Å². The molecule has 1 aliphatic heterocycles. The van der Waals surface area contributed by atoms with Crippen molar-refractivity contribution in [2.45, 2.75) is 12.8 Å². The number of phenols is 1. The molecule has 0 bridgehead atoms. The molecule has 0 atom stereocenters. The molecule has 0 aliphatic carbocycles. The number of anilines is 1. The Morgan fingerprint density at radius 2 is 1.32 bits per heavy atom. The zero-order valence-corrected chi connectivity index (χ0v) is 17.4. The van der Waals surface area contributed by atoms with Gasteiger partial charge in [0.15, 0.2) is 5.78 Å². The summed E-state index contributed by atoms with van der Waals surface area (Å²) in [6.07, 6.45) is 0.459. The molecule has 3 aromatic carbocycles. The van der Waals surface area contributed by atoms with E-state index in [1.165, 1.54) is 0 Å². The third-order valence-electron chi connectivity index (χ3n) is 5.73. The monoisotopic (exact) mass is 414 g/mol. The second kappa shape index (κ2) is 9.47. The first-order valence-corrected chi connectivity index (χ1v) is 10.6. The maximum atomic E-state index is 12.6. The van der Waals surface area contributed by atoms with Crippen molar-refractivity contribution in [3.05, 3.63) is 84.4 Å². The van der Waals surface area contributed by atoms with Gasteiger partial charge in [-0.3, -0.25) is 9.59 Å². The van der Waals surface area contributed by atoms with Crippen LogP contribution in [0.15, 0.2) is 78.9 Å². The average Bonchev–Trinajstić information content (AvgIpc) is 2.83. The van der Waals surface area contributed by atoms with Crippen molar-refractivity contribution < 1.29 is 14.7 Å². The van der Waals surface area contributed by atoms with E-state index >= 15 is 0 Å². The summed E-state index contributed by atoms with van der Waals surface area (Å²) >= 11 is 0. The number of amides is 1. The van der Waals surface area contributed by atoms with Gasteiger partial charge in [-0.1, -0.05) is 54.6 Å². The average molecular weight is 415 g/mol. The molecule has 0 spiro atoms. The molecule has 0 radical (unpaired) electrons. The van der Waals surface area contributed by atoms with Crippen LogP contribution in [-0.2, 0) is 4.79 Å². The number of carbonyl (C=O) groups is 2. The lowest BCUT2D eigenvalue weighted by Crippen LogP contribution is -2.48. The standard InChI is InChI=1S/C26H26N2O3/c29-24-12-10-23(11-13-24)27-16-18-28(19-17-27)26(31)15-14-25(30)22-8-6-21(7-9-22)20-4-2-1-3-5-20/h1-13,29H,14-19H2. The molecule has 5 nitrogen and oxygen atoms in total. The van der Waals surface area contributed by atoms with E-state index in [1.807, 2.05) is 71.6 Å². The third kappa shape index (κ3) is 5.12. The van der Waals surface area contributed by atoms with Gasteiger partial charge in [-0.2, -0.15) is 0 Å². The number of nitrogens with zero attached hydrogens (tertiary/aromatic N) is 2. The normalized spacial score (nSPS) is 13.8. The number of ketones is 1.